The molecule has 0 aliphatic carbocycles. The first-order valence-corrected chi connectivity index (χ1v) is 10.1. The predicted octanol–water partition coefficient (Wildman–Crippen LogP) is 4.65. The lowest BCUT2D eigenvalue weighted by atomic mass is 10.1. The molecule has 0 aliphatic rings. The smallest absolute Gasteiger partial charge is 0.291 e. The number of benzene rings is 2. The quantitative estimate of drug-likeness (QED) is 0.464. The van der Waals surface area contributed by atoms with Crippen molar-refractivity contribution in [1.29, 1.82) is 0 Å². The van der Waals surface area contributed by atoms with E-state index in [4.69, 9.17) is 13.9 Å². The van der Waals surface area contributed by atoms with Crippen LogP contribution < -0.4 is 20.1 Å². The summed E-state index contributed by atoms with van der Waals surface area (Å²) < 4.78 is 16.2. The number of hydrogen-bond acceptors (Lipinski definition) is 5. The maximum atomic E-state index is 12.5. The number of carbonyl (C=O) groups excluding carboxylic acids is 2. The minimum atomic E-state index is -0.349. The van der Waals surface area contributed by atoms with E-state index < -0.39 is 0 Å². The van der Waals surface area contributed by atoms with Crippen molar-refractivity contribution in [2.45, 2.75) is 26.3 Å². The van der Waals surface area contributed by atoms with Gasteiger partial charge in [-0.15, -0.1) is 0 Å². The number of amides is 2. The molecule has 0 radical (unpaired) electrons. The van der Waals surface area contributed by atoms with Crippen molar-refractivity contribution in [3.63, 3.8) is 0 Å². The highest BCUT2D eigenvalue weighted by Gasteiger charge is 2.11. The Morgan fingerprint density at radius 3 is 2.48 bits per heavy atom. The first-order chi connectivity index (χ1) is 15.1. The zero-order valence-electron chi connectivity index (χ0n) is 17.6. The van der Waals surface area contributed by atoms with Gasteiger partial charge in [0.15, 0.2) is 17.3 Å². The fourth-order valence-electron chi connectivity index (χ4n) is 2.86. The molecule has 0 spiro atoms. The van der Waals surface area contributed by atoms with E-state index in [1.807, 2.05) is 18.2 Å². The van der Waals surface area contributed by atoms with Gasteiger partial charge in [-0.3, -0.25) is 9.59 Å². The number of ether oxygens (including phenoxy) is 2. The predicted molar refractivity (Wildman–Crippen MR) is 118 cm³/mol. The zero-order chi connectivity index (χ0) is 22.1. The standard InChI is InChI=1S/C24H26N2O5/c1-3-4-13-30-20-12-7-17(15-22(20)29-2)16-25-23(27)18-8-10-19(11-9-18)26-24(28)21-6-5-14-31-21/h5-12,14-15H,3-4,13,16H2,1-2H3,(H,25,27)(H,26,28). The molecular weight excluding hydrogens is 396 g/mol. The van der Waals surface area contributed by atoms with Crippen molar-refractivity contribution in [2.24, 2.45) is 0 Å². The van der Waals surface area contributed by atoms with Crippen LogP contribution in [0.25, 0.3) is 0 Å². The Morgan fingerprint density at radius 1 is 1.00 bits per heavy atom. The number of furan rings is 1. The molecule has 3 rings (SSSR count). The summed E-state index contributed by atoms with van der Waals surface area (Å²) in [5.74, 6) is 0.987. The van der Waals surface area contributed by atoms with Crippen molar-refractivity contribution >= 4 is 17.5 Å². The summed E-state index contributed by atoms with van der Waals surface area (Å²) in [7, 11) is 1.59. The molecule has 31 heavy (non-hydrogen) atoms. The Labute approximate surface area is 181 Å². The van der Waals surface area contributed by atoms with Crippen LogP contribution in [0.3, 0.4) is 0 Å². The average molecular weight is 422 g/mol. The van der Waals surface area contributed by atoms with E-state index in [0.29, 0.717) is 35.9 Å². The number of unbranched alkanes of at least 4 members (excludes halogenated alkanes) is 1. The van der Waals surface area contributed by atoms with E-state index in [2.05, 4.69) is 17.6 Å². The van der Waals surface area contributed by atoms with Crippen LogP contribution in [0.4, 0.5) is 5.69 Å². The molecule has 1 heterocycles. The molecule has 162 valence electrons. The normalized spacial score (nSPS) is 10.4. The van der Waals surface area contributed by atoms with Crippen LogP contribution in [0.5, 0.6) is 11.5 Å². The summed E-state index contributed by atoms with van der Waals surface area (Å²) in [5, 5.41) is 5.60. The molecule has 0 unspecified atom stereocenters. The van der Waals surface area contributed by atoms with Gasteiger partial charge in [-0.2, -0.15) is 0 Å². The van der Waals surface area contributed by atoms with E-state index in [-0.39, 0.29) is 17.6 Å². The van der Waals surface area contributed by atoms with Crippen LogP contribution in [0, 0.1) is 0 Å². The summed E-state index contributed by atoms with van der Waals surface area (Å²) in [6.07, 6.45) is 3.47. The van der Waals surface area contributed by atoms with Gasteiger partial charge in [0.25, 0.3) is 11.8 Å². The third kappa shape index (κ3) is 6.12. The Kier molecular flexibility index (Phi) is 7.70. The molecule has 2 N–H and O–H groups in total. The zero-order valence-corrected chi connectivity index (χ0v) is 17.6. The summed E-state index contributed by atoms with van der Waals surface area (Å²) in [4.78, 5) is 24.5. The Bertz CT molecular complexity index is 997. The second-order valence-electron chi connectivity index (χ2n) is 6.88. The Balaban J connectivity index is 1.54. The molecule has 0 saturated carbocycles. The number of rotatable bonds is 10. The number of hydrogen-bond donors (Lipinski definition) is 2. The highest BCUT2D eigenvalue weighted by Crippen LogP contribution is 2.28. The van der Waals surface area contributed by atoms with Crippen LogP contribution in [-0.2, 0) is 6.54 Å². The molecule has 0 aliphatic heterocycles. The third-order valence-electron chi connectivity index (χ3n) is 4.59. The molecule has 0 atom stereocenters. The Morgan fingerprint density at radius 2 is 1.81 bits per heavy atom. The molecule has 0 fully saturated rings. The van der Waals surface area contributed by atoms with Crippen molar-refractivity contribution in [3.8, 4) is 11.5 Å². The van der Waals surface area contributed by atoms with Crippen molar-refractivity contribution in [3.05, 3.63) is 77.7 Å². The van der Waals surface area contributed by atoms with Gasteiger partial charge >= 0.3 is 0 Å². The summed E-state index contributed by atoms with van der Waals surface area (Å²) in [6, 6.07) is 15.5. The minimum Gasteiger partial charge on any atom is -0.493 e. The first kappa shape index (κ1) is 22.0. The second-order valence-corrected chi connectivity index (χ2v) is 6.88. The molecule has 7 heteroatoms. The molecule has 2 aromatic carbocycles. The molecule has 3 aromatic rings. The highest BCUT2D eigenvalue weighted by molar-refractivity contribution is 6.02. The van der Waals surface area contributed by atoms with Crippen molar-refractivity contribution < 1.29 is 23.5 Å². The highest BCUT2D eigenvalue weighted by atomic mass is 16.5. The second kappa shape index (κ2) is 10.9. The van der Waals surface area contributed by atoms with Gasteiger partial charge in [0, 0.05) is 17.8 Å². The molecule has 1 aromatic heterocycles. The van der Waals surface area contributed by atoms with E-state index in [9.17, 15) is 9.59 Å². The molecule has 0 saturated heterocycles. The van der Waals surface area contributed by atoms with Crippen LogP contribution in [0.15, 0.2) is 65.3 Å². The average Bonchev–Trinajstić information content (AvgIpc) is 3.34. The molecule has 7 nitrogen and oxygen atoms in total. The monoisotopic (exact) mass is 422 g/mol. The molecule has 2 amide bonds. The summed E-state index contributed by atoms with van der Waals surface area (Å²) >= 11 is 0. The van der Waals surface area contributed by atoms with Crippen molar-refractivity contribution in [1.82, 2.24) is 5.32 Å². The maximum Gasteiger partial charge on any atom is 0.291 e. The summed E-state index contributed by atoms with van der Waals surface area (Å²) in [6.45, 7) is 3.10. The minimum absolute atomic E-state index is 0.217. The third-order valence-corrected chi connectivity index (χ3v) is 4.59. The van der Waals surface area contributed by atoms with Gasteiger partial charge in [0.05, 0.1) is 20.0 Å². The van der Waals surface area contributed by atoms with Gasteiger partial charge in [-0.1, -0.05) is 19.4 Å². The van der Waals surface area contributed by atoms with Crippen LogP contribution in [0.2, 0.25) is 0 Å². The lowest BCUT2D eigenvalue weighted by Crippen LogP contribution is -2.22. The van der Waals surface area contributed by atoms with E-state index in [1.165, 1.54) is 6.26 Å². The van der Waals surface area contributed by atoms with Crippen LogP contribution in [0.1, 0.15) is 46.2 Å². The van der Waals surface area contributed by atoms with Gasteiger partial charge < -0.3 is 24.5 Å². The maximum absolute atomic E-state index is 12.5. The van der Waals surface area contributed by atoms with Gasteiger partial charge in [-0.05, 0) is 60.5 Å². The van der Waals surface area contributed by atoms with E-state index >= 15 is 0 Å². The number of carbonyl (C=O) groups is 2. The fraction of sp³-hybridized carbons (Fsp3) is 0.250. The van der Waals surface area contributed by atoms with Crippen LogP contribution >= 0.6 is 0 Å². The van der Waals surface area contributed by atoms with Gasteiger partial charge in [-0.25, -0.2) is 0 Å². The van der Waals surface area contributed by atoms with Gasteiger partial charge in [0.1, 0.15) is 0 Å². The lowest BCUT2D eigenvalue weighted by molar-refractivity contribution is 0.0950. The SMILES string of the molecule is CCCCOc1ccc(CNC(=O)c2ccc(NC(=O)c3ccco3)cc2)cc1OC. The molecule has 0 bridgehead atoms. The topological polar surface area (TPSA) is 89.8 Å². The number of anilines is 1. The largest absolute Gasteiger partial charge is 0.493 e. The summed E-state index contributed by atoms with van der Waals surface area (Å²) in [5.41, 5.74) is 1.96. The fourth-order valence-corrected chi connectivity index (χ4v) is 2.86. The van der Waals surface area contributed by atoms with E-state index in [0.717, 1.165) is 18.4 Å². The first-order valence-electron chi connectivity index (χ1n) is 10.1. The van der Waals surface area contributed by atoms with Crippen LogP contribution in [-0.4, -0.2) is 25.5 Å². The molecular formula is C24H26N2O5. The number of nitrogens with one attached hydrogen (secondary N) is 2. The lowest BCUT2D eigenvalue weighted by Gasteiger charge is -2.12. The van der Waals surface area contributed by atoms with Crippen molar-refractivity contribution in [2.75, 3.05) is 19.0 Å². The van der Waals surface area contributed by atoms with E-state index in [1.54, 1.807) is 43.5 Å². The Hall–Kier alpha value is -3.74. The van der Waals surface area contributed by atoms with Gasteiger partial charge in [0.2, 0.25) is 0 Å². The number of methoxy groups -OCH3 is 1.